The second-order valence-electron chi connectivity index (χ2n) is 4.23. The van der Waals surface area contributed by atoms with Crippen LogP contribution in [0.1, 0.15) is 0 Å². The maximum Gasteiger partial charge on any atom is 0.266 e. The Hall–Kier alpha value is -1.79. The van der Waals surface area contributed by atoms with Crippen LogP contribution < -0.4 is 10.6 Å². The lowest BCUT2D eigenvalue weighted by atomic mass is 10.2. The molecule has 0 atom stereocenters. The van der Waals surface area contributed by atoms with Gasteiger partial charge in [0.05, 0.1) is 18.8 Å². The Labute approximate surface area is 115 Å². The minimum absolute atomic E-state index is 0.376. The van der Waals surface area contributed by atoms with E-state index in [-0.39, 0.29) is 0 Å². The minimum atomic E-state index is 0.376. The van der Waals surface area contributed by atoms with Gasteiger partial charge in [0.25, 0.3) is 11.8 Å². The van der Waals surface area contributed by atoms with Gasteiger partial charge >= 0.3 is 0 Å². The van der Waals surface area contributed by atoms with Crippen molar-refractivity contribution in [1.82, 2.24) is 10.1 Å². The number of nitrogens with zero attached hydrogens (tertiary/aromatic N) is 3. The van der Waals surface area contributed by atoms with E-state index in [2.05, 4.69) is 10.1 Å². The average Bonchev–Trinajstić information content (AvgIpc) is 2.92. The molecule has 0 spiro atoms. The lowest BCUT2D eigenvalue weighted by Gasteiger charge is -2.24. The molecule has 7 heteroatoms. The molecule has 2 N–H and O–H groups in total. The van der Waals surface area contributed by atoms with Crippen LogP contribution in [-0.2, 0) is 4.74 Å². The van der Waals surface area contributed by atoms with Gasteiger partial charge in [-0.05, 0) is 23.4 Å². The summed E-state index contributed by atoms with van der Waals surface area (Å²) < 4.78 is 10.5. The van der Waals surface area contributed by atoms with Crippen molar-refractivity contribution in [3.8, 4) is 11.5 Å². The molecule has 3 rings (SSSR count). The second-order valence-corrected chi connectivity index (χ2v) is 4.67. The first kappa shape index (κ1) is 12.3. The molecule has 0 bridgehead atoms. The molecule has 1 fully saturated rings. The summed E-state index contributed by atoms with van der Waals surface area (Å²) in [5, 5.41) is 4.55. The lowest BCUT2D eigenvalue weighted by Crippen LogP contribution is -2.36. The standard InChI is InChI=1S/C12H13ClN4O2/c13-8-1-2-10(14)9(7-8)11-15-12(16-19-11)17-3-5-18-6-4-17/h1-2,7H,3-6,14H2. The smallest absolute Gasteiger partial charge is 0.266 e. The summed E-state index contributed by atoms with van der Waals surface area (Å²) in [6.45, 7) is 2.85. The summed E-state index contributed by atoms with van der Waals surface area (Å²) in [7, 11) is 0. The molecule has 2 aromatic rings. The van der Waals surface area contributed by atoms with E-state index in [1.165, 1.54) is 0 Å². The first-order chi connectivity index (χ1) is 9.24. The van der Waals surface area contributed by atoms with Gasteiger partial charge in [0, 0.05) is 23.8 Å². The normalized spacial score (nSPS) is 15.7. The van der Waals surface area contributed by atoms with Crippen LogP contribution in [0.5, 0.6) is 0 Å². The Kier molecular flexibility index (Phi) is 3.27. The molecule has 1 aromatic carbocycles. The van der Waals surface area contributed by atoms with Crippen LogP contribution in [0, 0.1) is 0 Å². The minimum Gasteiger partial charge on any atom is -0.398 e. The van der Waals surface area contributed by atoms with Crippen LogP contribution in [0.25, 0.3) is 11.5 Å². The van der Waals surface area contributed by atoms with Crippen molar-refractivity contribution >= 4 is 23.2 Å². The van der Waals surface area contributed by atoms with E-state index >= 15 is 0 Å². The molecule has 0 radical (unpaired) electrons. The van der Waals surface area contributed by atoms with Gasteiger partial charge in [0.2, 0.25) is 0 Å². The summed E-state index contributed by atoms with van der Waals surface area (Å²) in [6, 6.07) is 5.16. The highest BCUT2D eigenvalue weighted by molar-refractivity contribution is 6.31. The van der Waals surface area contributed by atoms with E-state index in [9.17, 15) is 0 Å². The van der Waals surface area contributed by atoms with E-state index in [4.69, 9.17) is 26.6 Å². The van der Waals surface area contributed by atoms with Crippen molar-refractivity contribution in [2.75, 3.05) is 36.9 Å². The summed E-state index contributed by atoms with van der Waals surface area (Å²) >= 11 is 5.95. The molecule has 6 nitrogen and oxygen atoms in total. The lowest BCUT2D eigenvalue weighted by molar-refractivity contribution is 0.121. The Morgan fingerprint density at radius 3 is 2.84 bits per heavy atom. The topological polar surface area (TPSA) is 77.4 Å². The van der Waals surface area contributed by atoms with E-state index in [1.54, 1.807) is 18.2 Å². The molecule has 2 heterocycles. The predicted octanol–water partition coefficient (Wildman–Crippen LogP) is 1.81. The van der Waals surface area contributed by atoms with Gasteiger partial charge in [-0.3, -0.25) is 0 Å². The van der Waals surface area contributed by atoms with Crippen LogP contribution in [0.15, 0.2) is 22.7 Å². The zero-order valence-corrected chi connectivity index (χ0v) is 10.9. The zero-order valence-electron chi connectivity index (χ0n) is 10.2. The summed E-state index contributed by atoms with van der Waals surface area (Å²) in [4.78, 5) is 6.37. The molecule has 1 aliphatic rings. The Morgan fingerprint density at radius 2 is 2.05 bits per heavy atom. The fourth-order valence-electron chi connectivity index (χ4n) is 1.93. The quantitative estimate of drug-likeness (QED) is 0.846. The number of ether oxygens (including phenoxy) is 1. The number of morpholine rings is 1. The first-order valence-electron chi connectivity index (χ1n) is 5.96. The molecule has 19 heavy (non-hydrogen) atoms. The van der Waals surface area contributed by atoms with Crippen molar-refractivity contribution in [2.24, 2.45) is 0 Å². The third kappa shape index (κ3) is 2.50. The van der Waals surface area contributed by atoms with Crippen LogP contribution in [0.4, 0.5) is 11.6 Å². The van der Waals surface area contributed by atoms with E-state index in [0.29, 0.717) is 41.3 Å². The monoisotopic (exact) mass is 280 g/mol. The Balaban J connectivity index is 1.89. The highest BCUT2D eigenvalue weighted by Crippen LogP contribution is 2.28. The summed E-state index contributed by atoms with van der Waals surface area (Å²) in [5.74, 6) is 0.930. The maximum absolute atomic E-state index is 5.95. The molecule has 0 aliphatic carbocycles. The highest BCUT2D eigenvalue weighted by atomic mass is 35.5. The van der Waals surface area contributed by atoms with E-state index in [0.717, 1.165) is 13.1 Å². The highest BCUT2D eigenvalue weighted by Gasteiger charge is 2.18. The van der Waals surface area contributed by atoms with Gasteiger partial charge in [-0.15, -0.1) is 0 Å². The predicted molar refractivity (Wildman–Crippen MR) is 72.2 cm³/mol. The number of hydrogen-bond acceptors (Lipinski definition) is 6. The molecular weight excluding hydrogens is 268 g/mol. The molecular formula is C12H13ClN4O2. The number of hydrogen-bond donors (Lipinski definition) is 1. The third-order valence-corrected chi connectivity index (χ3v) is 3.19. The van der Waals surface area contributed by atoms with Gasteiger partial charge in [-0.1, -0.05) is 11.6 Å². The number of anilines is 2. The van der Waals surface area contributed by atoms with Crippen LogP contribution in [0.3, 0.4) is 0 Å². The average molecular weight is 281 g/mol. The second kappa shape index (κ2) is 5.07. The van der Waals surface area contributed by atoms with E-state index in [1.807, 2.05) is 4.90 Å². The number of aromatic nitrogens is 2. The van der Waals surface area contributed by atoms with Gasteiger partial charge in [-0.2, -0.15) is 4.98 Å². The molecule has 1 aromatic heterocycles. The van der Waals surface area contributed by atoms with Crippen molar-refractivity contribution in [3.63, 3.8) is 0 Å². The molecule has 0 unspecified atom stereocenters. The van der Waals surface area contributed by atoms with Crippen molar-refractivity contribution < 1.29 is 9.26 Å². The first-order valence-corrected chi connectivity index (χ1v) is 6.33. The van der Waals surface area contributed by atoms with Gasteiger partial charge in [0.15, 0.2) is 0 Å². The van der Waals surface area contributed by atoms with E-state index < -0.39 is 0 Å². The fraction of sp³-hybridized carbons (Fsp3) is 0.333. The van der Waals surface area contributed by atoms with Crippen LogP contribution >= 0.6 is 11.6 Å². The molecule has 0 amide bonds. The molecule has 1 saturated heterocycles. The van der Waals surface area contributed by atoms with Crippen molar-refractivity contribution in [3.05, 3.63) is 23.2 Å². The molecule has 1 aliphatic heterocycles. The summed E-state index contributed by atoms with van der Waals surface area (Å²) in [5.41, 5.74) is 7.10. The van der Waals surface area contributed by atoms with Gasteiger partial charge < -0.3 is 19.9 Å². The molecule has 0 saturated carbocycles. The zero-order chi connectivity index (χ0) is 13.2. The third-order valence-electron chi connectivity index (χ3n) is 2.95. The number of benzene rings is 1. The van der Waals surface area contributed by atoms with Gasteiger partial charge in [-0.25, -0.2) is 0 Å². The number of rotatable bonds is 2. The van der Waals surface area contributed by atoms with Crippen LogP contribution in [0.2, 0.25) is 5.02 Å². The fourth-order valence-corrected chi connectivity index (χ4v) is 2.10. The molecule has 100 valence electrons. The van der Waals surface area contributed by atoms with Crippen molar-refractivity contribution in [2.45, 2.75) is 0 Å². The number of halogens is 1. The van der Waals surface area contributed by atoms with Crippen molar-refractivity contribution in [1.29, 1.82) is 0 Å². The SMILES string of the molecule is Nc1ccc(Cl)cc1-c1nc(N2CCOCC2)no1. The Morgan fingerprint density at radius 1 is 1.26 bits per heavy atom. The Bertz CT molecular complexity index is 581. The van der Waals surface area contributed by atoms with Gasteiger partial charge in [0.1, 0.15) is 0 Å². The largest absolute Gasteiger partial charge is 0.398 e. The maximum atomic E-state index is 5.95. The number of nitrogen functional groups attached to an aromatic ring is 1. The summed E-state index contributed by atoms with van der Waals surface area (Å²) in [6.07, 6.45) is 0. The van der Waals surface area contributed by atoms with Crippen LogP contribution in [-0.4, -0.2) is 36.4 Å². The number of nitrogens with two attached hydrogens (primary N) is 1.